The van der Waals surface area contributed by atoms with Crippen molar-refractivity contribution in [3.63, 3.8) is 0 Å². The van der Waals surface area contributed by atoms with Crippen molar-refractivity contribution in [1.29, 1.82) is 0 Å². The van der Waals surface area contributed by atoms with E-state index in [1.807, 2.05) is 26.8 Å². The summed E-state index contributed by atoms with van der Waals surface area (Å²) in [7, 11) is 0. The van der Waals surface area contributed by atoms with Crippen molar-refractivity contribution in [3.8, 4) is 17.0 Å². The smallest absolute Gasteiger partial charge is 0.218 e. The molecule has 3 rings (SSSR count). The number of hydrogen-bond donors (Lipinski definition) is 0. The molecule has 0 unspecified atom stereocenters. The highest BCUT2D eigenvalue weighted by atomic mass is 19.1. The van der Waals surface area contributed by atoms with E-state index in [1.165, 1.54) is 12.1 Å². The molecule has 3 nitrogen and oxygen atoms in total. The minimum atomic E-state index is -0.297. The molecule has 2 heterocycles. The van der Waals surface area contributed by atoms with E-state index in [0.717, 1.165) is 30.4 Å². The molecule has 4 heteroatoms. The molecule has 1 aliphatic rings. The monoisotopic (exact) mass is 341 g/mol. The molecule has 2 aromatic rings. The zero-order valence-electron chi connectivity index (χ0n) is 14.8. The van der Waals surface area contributed by atoms with Gasteiger partial charge in [0, 0.05) is 12.6 Å². The maximum Gasteiger partial charge on any atom is 0.218 e. The Kier molecular flexibility index (Phi) is 4.98. The van der Waals surface area contributed by atoms with Gasteiger partial charge in [0.25, 0.3) is 0 Å². The molecule has 0 spiro atoms. The highest BCUT2D eigenvalue weighted by Crippen LogP contribution is 2.36. The molecule has 0 saturated heterocycles. The minimum Gasteiger partial charge on any atom is -0.474 e. The van der Waals surface area contributed by atoms with Crippen LogP contribution in [0.1, 0.15) is 49.7 Å². The number of fused-ring (bicyclic) bond motifs is 1. The maximum absolute atomic E-state index is 14.6. The Morgan fingerprint density at radius 3 is 2.92 bits per heavy atom. The number of aryl methyl sites for hydroxylation is 1. The minimum absolute atomic E-state index is 0. The van der Waals surface area contributed by atoms with Gasteiger partial charge in [0.1, 0.15) is 11.5 Å². The van der Waals surface area contributed by atoms with E-state index in [0.29, 0.717) is 17.0 Å². The standard InChI is InChI=1S/C21H22FNO2.H2/c1-4-5-6-20(24)19-12-17(15-9-7-13(2)11-18(15)22)16-10-8-14(3)25-21(16)23-19;/h5-7,9,11-12,14H,4,8,10H2,1-3H3;1H/b6-5-;/t14-;/m0./s1. The summed E-state index contributed by atoms with van der Waals surface area (Å²) in [4.78, 5) is 16.8. The third-order valence-corrected chi connectivity index (χ3v) is 4.37. The third kappa shape index (κ3) is 3.63. The van der Waals surface area contributed by atoms with Crippen molar-refractivity contribution >= 4 is 5.78 Å². The summed E-state index contributed by atoms with van der Waals surface area (Å²) in [5.74, 6) is -0.0424. The fourth-order valence-electron chi connectivity index (χ4n) is 3.00. The predicted molar refractivity (Wildman–Crippen MR) is 98.7 cm³/mol. The first kappa shape index (κ1) is 17.3. The Hall–Kier alpha value is -2.49. The van der Waals surface area contributed by atoms with Crippen LogP contribution in [0.4, 0.5) is 4.39 Å². The van der Waals surface area contributed by atoms with Crippen molar-refractivity contribution in [2.45, 2.75) is 46.1 Å². The number of rotatable bonds is 4. The van der Waals surface area contributed by atoms with Gasteiger partial charge in [-0.1, -0.05) is 25.1 Å². The molecule has 0 N–H and O–H groups in total. The molecule has 0 fully saturated rings. The Bertz CT molecular complexity index is 848. The average molecular weight is 341 g/mol. The summed E-state index contributed by atoms with van der Waals surface area (Å²) in [6.07, 6.45) is 5.70. The SMILES string of the molecule is CC/C=C\C(=O)c1cc(-c2ccc(C)cc2F)c2c(n1)O[C@@H](C)CC2.[HH]. The second-order valence-electron chi connectivity index (χ2n) is 6.46. The molecule has 1 aromatic carbocycles. The Morgan fingerprint density at radius 1 is 1.40 bits per heavy atom. The molecular formula is C21H24FNO2. The van der Waals surface area contributed by atoms with Crippen LogP contribution in [0.3, 0.4) is 0 Å². The van der Waals surface area contributed by atoms with Crippen LogP contribution in [0, 0.1) is 12.7 Å². The molecule has 1 atom stereocenters. The van der Waals surface area contributed by atoms with Gasteiger partial charge in [-0.3, -0.25) is 4.79 Å². The second-order valence-corrected chi connectivity index (χ2v) is 6.46. The average Bonchev–Trinajstić information content (AvgIpc) is 2.58. The number of carbonyl (C=O) groups is 1. The first-order chi connectivity index (χ1) is 12.0. The van der Waals surface area contributed by atoms with E-state index in [1.54, 1.807) is 18.2 Å². The van der Waals surface area contributed by atoms with Crippen LogP contribution in [-0.2, 0) is 6.42 Å². The number of ether oxygens (including phenoxy) is 1. The molecule has 0 amide bonds. The lowest BCUT2D eigenvalue weighted by Gasteiger charge is -2.25. The lowest BCUT2D eigenvalue weighted by atomic mass is 9.93. The number of hydrogen-bond acceptors (Lipinski definition) is 3. The van der Waals surface area contributed by atoms with Gasteiger partial charge in [-0.15, -0.1) is 0 Å². The topological polar surface area (TPSA) is 39.2 Å². The van der Waals surface area contributed by atoms with E-state index >= 15 is 0 Å². The number of benzene rings is 1. The van der Waals surface area contributed by atoms with Crippen LogP contribution in [0.5, 0.6) is 5.88 Å². The Morgan fingerprint density at radius 2 is 2.20 bits per heavy atom. The number of ketones is 1. The first-order valence-corrected chi connectivity index (χ1v) is 8.67. The summed E-state index contributed by atoms with van der Waals surface area (Å²) in [5.41, 5.74) is 3.19. The van der Waals surface area contributed by atoms with Gasteiger partial charge in [-0.2, -0.15) is 0 Å². The summed E-state index contributed by atoms with van der Waals surface area (Å²) < 4.78 is 20.4. The maximum atomic E-state index is 14.6. The van der Waals surface area contributed by atoms with E-state index < -0.39 is 0 Å². The van der Waals surface area contributed by atoms with Gasteiger partial charge >= 0.3 is 0 Å². The highest BCUT2D eigenvalue weighted by Gasteiger charge is 2.24. The Balaban J connectivity index is 0.00000243. The van der Waals surface area contributed by atoms with E-state index in [2.05, 4.69) is 4.98 Å². The fourth-order valence-corrected chi connectivity index (χ4v) is 3.00. The Labute approximate surface area is 149 Å². The van der Waals surface area contributed by atoms with Gasteiger partial charge < -0.3 is 4.74 Å². The van der Waals surface area contributed by atoms with E-state index in [4.69, 9.17) is 4.74 Å². The lowest BCUT2D eigenvalue weighted by molar-refractivity contribution is 0.103. The zero-order valence-corrected chi connectivity index (χ0v) is 14.8. The number of nitrogens with zero attached hydrogens (tertiary/aromatic N) is 1. The van der Waals surface area contributed by atoms with Gasteiger partial charge in [-0.25, -0.2) is 9.37 Å². The number of pyridine rings is 1. The van der Waals surface area contributed by atoms with Gasteiger partial charge in [0.15, 0.2) is 0 Å². The van der Waals surface area contributed by atoms with Crippen LogP contribution in [0.25, 0.3) is 11.1 Å². The number of carbonyl (C=O) groups excluding carboxylic acids is 1. The molecule has 0 saturated carbocycles. The zero-order chi connectivity index (χ0) is 18.0. The molecule has 0 radical (unpaired) electrons. The van der Waals surface area contributed by atoms with Crippen molar-refractivity contribution in [2.24, 2.45) is 0 Å². The quantitative estimate of drug-likeness (QED) is 0.559. The van der Waals surface area contributed by atoms with Crippen molar-refractivity contribution < 1.29 is 15.3 Å². The number of aromatic nitrogens is 1. The molecular weight excluding hydrogens is 317 g/mol. The van der Waals surface area contributed by atoms with E-state index in [-0.39, 0.29) is 24.8 Å². The molecule has 1 aromatic heterocycles. The largest absolute Gasteiger partial charge is 0.474 e. The van der Waals surface area contributed by atoms with Crippen LogP contribution < -0.4 is 4.74 Å². The summed E-state index contributed by atoms with van der Waals surface area (Å²) in [6, 6.07) is 6.83. The van der Waals surface area contributed by atoms with Gasteiger partial charge in [-0.05, 0) is 62.4 Å². The molecule has 1 aliphatic heterocycles. The summed E-state index contributed by atoms with van der Waals surface area (Å²) >= 11 is 0. The number of halogens is 1. The molecule has 0 bridgehead atoms. The fraction of sp³-hybridized carbons (Fsp3) is 0.333. The van der Waals surface area contributed by atoms with Crippen molar-refractivity contribution in [2.75, 3.05) is 0 Å². The summed E-state index contributed by atoms with van der Waals surface area (Å²) in [6.45, 7) is 5.79. The van der Waals surface area contributed by atoms with Crippen LogP contribution in [-0.4, -0.2) is 16.9 Å². The van der Waals surface area contributed by atoms with Crippen molar-refractivity contribution in [3.05, 3.63) is 59.1 Å². The van der Waals surface area contributed by atoms with Crippen LogP contribution in [0.15, 0.2) is 36.4 Å². The van der Waals surface area contributed by atoms with Crippen LogP contribution in [0.2, 0.25) is 0 Å². The molecule has 25 heavy (non-hydrogen) atoms. The van der Waals surface area contributed by atoms with Crippen molar-refractivity contribution in [1.82, 2.24) is 4.98 Å². The predicted octanol–water partition coefficient (Wildman–Crippen LogP) is 5.30. The highest BCUT2D eigenvalue weighted by molar-refractivity contribution is 6.04. The van der Waals surface area contributed by atoms with Crippen LogP contribution >= 0.6 is 0 Å². The van der Waals surface area contributed by atoms with Gasteiger partial charge in [0.05, 0.1) is 6.10 Å². The van der Waals surface area contributed by atoms with E-state index in [9.17, 15) is 9.18 Å². The lowest BCUT2D eigenvalue weighted by Crippen LogP contribution is -2.21. The first-order valence-electron chi connectivity index (χ1n) is 8.67. The summed E-state index contributed by atoms with van der Waals surface area (Å²) in [5, 5.41) is 0. The molecule has 132 valence electrons. The molecule has 0 aliphatic carbocycles. The second kappa shape index (κ2) is 7.18. The normalized spacial score (nSPS) is 16.6. The number of allylic oxidation sites excluding steroid dienone is 2. The van der Waals surface area contributed by atoms with Gasteiger partial charge in [0.2, 0.25) is 11.7 Å². The third-order valence-electron chi connectivity index (χ3n) is 4.37.